The van der Waals surface area contributed by atoms with E-state index in [2.05, 4.69) is 12.2 Å². The molecule has 0 radical (unpaired) electrons. The summed E-state index contributed by atoms with van der Waals surface area (Å²) in [6, 6.07) is 11.9. The molecule has 1 unspecified atom stereocenters. The Labute approximate surface area is 188 Å². The van der Waals surface area contributed by atoms with Gasteiger partial charge in [0.25, 0.3) is 5.91 Å². The van der Waals surface area contributed by atoms with E-state index in [0.717, 1.165) is 18.4 Å². The maximum absolute atomic E-state index is 13.0. The Morgan fingerprint density at radius 1 is 1.13 bits per heavy atom. The maximum Gasteiger partial charge on any atom is 0.261 e. The molecule has 0 bridgehead atoms. The average molecular weight is 451 g/mol. The van der Waals surface area contributed by atoms with Crippen LogP contribution in [0.5, 0.6) is 5.75 Å². The number of carbonyl (C=O) groups excluding carboxylic acids is 2. The van der Waals surface area contributed by atoms with E-state index in [1.807, 2.05) is 31.2 Å². The summed E-state index contributed by atoms with van der Waals surface area (Å²) in [6.07, 6.45) is 1.86. The normalized spacial score (nSPS) is 11.6. The summed E-state index contributed by atoms with van der Waals surface area (Å²) >= 11 is 12.3. The van der Waals surface area contributed by atoms with Gasteiger partial charge in [0.05, 0.1) is 0 Å². The van der Waals surface area contributed by atoms with E-state index >= 15 is 0 Å². The molecule has 0 saturated carbocycles. The number of nitrogens with zero attached hydrogens (tertiary/aromatic N) is 1. The third kappa shape index (κ3) is 7.22. The zero-order valence-electron chi connectivity index (χ0n) is 17.6. The highest BCUT2D eigenvalue weighted by atomic mass is 35.5. The van der Waals surface area contributed by atoms with E-state index in [1.54, 1.807) is 25.1 Å². The standard InChI is InChI=1S/C23H28Cl2N2O3/c1-4-5-12-26-23(29)17(3)27(14-18-8-9-19(24)13-21(18)25)22(28)15-30-20-10-6-16(2)7-11-20/h6-11,13,17H,4-5,12,14-15H2,1-3H3,(H,26,29). The molecule has 1 N–H and O–H groups in total. The lowest BCUT2D eigenvalue weighted by Crippen LogP contribution is -2.49. The number of benzene rings is 2. The molecule has 0 aromatic heterocycles. The van der Waals surface area contributed by atoms with Crippen molar-refractivity contribution in [1.82, 2.24) is 10.2 Å². The Balaban J connectivity index is 2.14. The highest BCUT2D eigenvalue weighted by Crippen LogP contribution is 2.23. The predicted molar refractivity (Wildman–Crippen MR) is 121 cm³/mol. The topological polar surface area (TPSA) is 58.6 Å². The zero-order chi connectivity index (χ0) is 22.1. The SMILES string of the molecule is CCCCNC(=O)C(C)N(Cc1ccc(Cl)cc1Cl)C(=O)COc1ccc(C)cc1. The summed E-state index contributed by atoms with van der Waals surface area (Å²) in [7, 11) is 0. The Morgan fingerprint density at radius 2 is 1.83 bits per heavy atom. The highest BCUT2D eigenvalue weighted by molar-refractivity contribution is 6.35. The Kier molecular flexibility index (Phi) is 9.47. The Morgan fingerprint density at radius 3 is 2.47 bits per heavy atom. The van der Waals surface area contributed by atoms with Crippen LogP contribution in [0.4, 0.5) is 0 Å². The van der Waals surface area contributed by atoms with Crippen LogP contribution in [0, 0.1) is 6.92 Å². The van der Waals surface area contributed by atoms with Gasteiger partial charge in [0.1, 0.15) is 11.8 Å². The second kappa shape index (κ2) is 11.8. The lowest BCUT2D eigenvalue weighted by Gasteiger charge is -2.29. The van der Waals surface area contributed by atoms with Crippen LogP contribution in [0.2, 0.25) is 10.0 Å². The van der Waals surface area contributed by atoms with Crippen LogP contribution in [-0.2, 0) is 16.1 Å². The quantitative estimate of drug-likeness (QED) is 0.517. The monoisotopic (exact) mass is 450 g/mol. The number of nitrogens with one attached hydrogen (secondary N) is 1. The van der Waals surface area contributed by atoms with Crippen molar-refractivity contribution in [3.8, 4) is 5.75 Å². The maximum atomic E-state index is 13.0. The second-order valence-corrected chi connectivity index (χ2v) is 8.02. The summed E-state index contributed by atoms with van der Waals surface area (Å²) in [6.45, 7) is 6.30. The molecule has 0 fully saturated rings. The van der Waals surface area contributed by atoms with Crippen LogP contribution in [0.25, 0.3) is 0 Å². The number of rotatable bonds is 10. The van der Waals surface area contributed by atoms with E-state index in [1.165, 1.54) is 4.90 Å². The molecular weight excluding hydrogens is 423 g/mol. The van der Waals surface area contributed by atoms with E-state index in [9.17, 15) is 9.59 Å². The number of carbonyl (C=O) groups is 2. The highest BCUT2D eigenvalue weighted by Gasteiger charge is 2.27. The van der Waals surface area contributed by atoms with Crippen molar-refractivity contribution in [3.63, 3.8) is 0 Å². The van der Waals surface area contributed by atoms with Crippen LogP contribution < -0.4 is 10.1 Å². The number of ether oxygens (including phenoxy) is 1. The third-order valence-electron chi connectivity index (χ3n) is 4.74. The van der Waals surface area contributed by atoms with Crippen molar-refractivity contribution in [2.75, 3.05) is 13.2 Å². The van der Waals surface area contributed by atoms with Gasteiger partial charge in [-0.1, -0.05) is 60.3 Å². The molecule has 2 aromatic rings. The van der Waals surface area contributed by atoms with Gasteiger partial charge >= 0.3 is 0 Å². The molecule has 1 atom stereocenters. The number of hydrogen-bond acceptors (Lipinski definition) is 3. The van der Waals surface area contributed by atoms with E-state index < -0.39 is 6.04 Å². The summed E-state index contributed by atoms with van der Waals surface area (Å²) in [5.41, 5.74) is 1.81. The molecule has 0 aliphatic heterocycles. The first-order chi connectivity index (χ1) is 14.3. The number of halogens is 2. The van der Waals surface area contributed by atoms with Crippen molar-refractivity contribution in [1.29, 1.82) is 0 Å². The number of aryl methyl sites for hydroxylation is 1. The molecule has 0 aliphatic rings. The van der Waals surface area contributed by atoms with Gasteiger partial charge in [-0.3, -0.25) is 9.59 Å². The Hall–Kier alpha value is -2.24. The largest absolute Gasteiger partial charge is 0.484 e. The van der Waals surface area contributed by atoms with Crippen molar-refractivity contribution < 1.29 is 14.3 Å². The molecule has 7 heteroatoms. The molecule has 2 rings (SSSR count). The first-order valence-corrected chi connectivity index (χ1v) is 10.8. The predicted octanol–water partition coefficient (Wildman–Crippen LogP) is 5.01. The lowest BCUT2D eigenvalue weighted by molar-refractivity contribution is -0.142. The van der Waals surface area contributed by atoms with Gasteiger partial charge in [0.15, 0.2) is 6.61 Å². The van der Waals surface area contributed by atoms with Gasteiger partial charge in [-0.05, 0) is 50.1 Å². The fourth-order valence-electron chi connectivity index (χ4n) is 2.81. The van der Waals surface area contributed by atoms with E-state index in [-0.39, 0.29) is 25.0 Å². The number of amides is 2. The molecular formula is C23H28Cl2N2O3. The fraction of sp³-hybridized carbons (Fsp3) is 0.391. The molecule has 0 saturated heterocycles. The van der Waals surface area contributed by atoms with Crippen LogP contribution >= 0.6 is 23.2 Å². The fourth-order valence-corrected chi connectivity index (χ4v) is 3.28. The Bertz CT molecular complexity index is 856. The van der Waals surface area contributed by atoms with Crippen molar-refractivity contribution in [2.45, 2.75) is 46.2 Å². The smallest absolute Gasteiger partial charge is 0.261 e. The first-order valence-electron chi connectivity index (χ1n) is 10.0. The third-order valence-corrected chi connectivity index (χ3v) is 5.32. The van der Waals surface area contributed by atoms with Crippen molar-refractivity contribution in [2.24, 2.45) is 0 Å². The van der Waals surface area contributed by atoms with Crippen LogP contribution in [0.3, 0.4) is 0 Å². The molecule has 0 aliphatic carbocycles. The summed E-state index contributed by atoms with van der Waals surface area (Å²) in [4.78, 5) is 27.1. The van der Waals surface area contributed by atoms with Crippen molar-refractivity contribution in [3.05, 3.63) is 63.6 Å². The lowest BCUT2D eigenvalue weighted by atomic mass is 10.1. The van der Waals surface area contributed by atoms with E-state index in [0.29, 0.717) is 27.9 Å². The minimum absolute atomic E-state index is 0.175. The van der Waals surface area contributed by atoms with Gasteiger partial charge in [-0.25, -0.2) is 0 Å². The first kappa shape index (κ1) is 24.0. The molecule has 2 amide bonds. The molecule has 0 spiro atoms. The minimum Gasteiger partial charge on any atom is -0.484 e. The van der Waals surface area contributed by atoms with Crippen LogP contribution in [-0.4, -0.2) is 35.9 Å². The van der Waals surface area contributed by atoms with Crippen LogP contribution in [0.1, 0.15) is 37.8 Å². The summed E-state index contributed by atoms with van der Waals surface area (Å²) in [5.74, 6) is 0.0791. The zero-order valence-corrected chi connectivity index (χ0v) is 19.1. The van der Waals surface area contributed by atoms with E-state index in [4.69, 9.17) is 27.9 Å². The molecule has 2 aromatic carbocycles. The molecule has 5 nitrogen and oxygen atoms in total. The summed E-state index contributed by atoms with van der Waals surface area (Å²) in [5, 5.41) is 3.83. The second-order valence-electron chi connectivity index (χ2n) is 7.18. The van der Waals surface area contributed by atoms with Crippen molar-refractivity contribution >= 4 is 35.0 Å². The van der Waals surface area contributed by atoms with Gasteiger partial charge < -0.3 is 15.0 Å². The number of hydrogen-bond donors (Lipinski definition) is 1. The van der Waals surface area contributed by atoms with Gasteiger partial charge in [-0.2, -0.15) is 0 Å². The van der Waals surface area contributed by atoms with Gasteiger partial charge in [0, 0.05) is 23.1 Å². The minimum atomic E-state index is -0.678. The van der Waals surface area contributed by atoms with Gasteiger partial charge in [-0.15, -0.1) is 0 Å². The average Bonchev–Trinajstić information content (AvgIpc) is 2.72. The molecule has 0 heterocycles. The summed E-state index contributed by atoms with van der Waals surface area (Å²) < 4.78 is 5.64. The number of unbranched alkanes of at least 4 members (excludes halogenated alkanes) is 1. The molecule has 162 valence electrons. The van der Waals surface area contributed by atoms with Crippen LogP contribution in [0.15, 0.2) is 42.5 Å². The van der Waals surface area contributed by atoms with Gasteiger partial charge in [0.2, 0.25) is 5.91 Å². The molecule has 30 heavy (non-hydrogen) atoms.